The minimum absolute atomic E-state index is 0.619. The van der Waals surface area contributed by atoms with E-state index in [1.165, 1.54) is 0 Å². The van der Waals surface area contributed by atoms with E-state index in [0.717, 1.165) is 26.9 Å². The molecule has 1 rings (SSSR count). The van der Waals surface area contributed by atoms with Crippen molar-refractivity contribution in [3.8, 4) is 11.5 Å². The van der Waals surface area contributed by atoms with Gasteiger partial charge in [-0.05, 0) is 40.5 Å². The van der Waals surface area contributed by atoms with E-state index in [1.807, 2.05) is 31.2 Å². The van der Waals surface area contributed by atoms with Gasteiger partial charge in [-0.15, -0.1) is 0 Å². The fourth-order valence-electron chi connectivity index (χ4n) is 1.33. The highest BCUT2D eigenvalue weighted by molar-refractivity contribution is 9.10. The minimum Gasteiger partial charge on any atom is -0.492 e. The minimum atomic E-state index is 0.619. The van der Waals surface area contributed by atoms with E-state index in [0.29, 0.717) is 6.61 Å². The smallest absolute Gasteiger partial charge is 0.174 e. The Balaban J connectivity index is 3.11. The number of methoxy groups -OCH3 is 1. The third-order valence-corrected chi connectivity index (χ3v) is 2.90. The number of benzene rings is 1. The number of rotatable bonds is 5. The zero-order valence-electron chi connectivity index (χ0n) is 9.30. The Morgan fingerprint density at radius 3 is 2.69 bits per heavy atom. The standard InChI is InChI=1S/C12H14Br2O2/c1-3-16-11-8-9(5-4-6-13)7-10(14)12(11)15-2/h4-5,7-8H,3,6H2,1-2H3. The predicted octanol–water partition coefficient (Wildman–Crippen LogP) is 4.26. The van der Waals surface area contributed by atoms with Gasteiger partial charge in [0.25, 0.3) is 0 Å². The van der Waals surface area contributed by atoms with E-state index in [-0.39, 0.29) is 0 Å². The molecule has 16 heavy (non-hydrogen) atoms. The molecule has 1 aromatic carbocycles. The van der Waals surface area contributed by atoms with E-state index in [2.05, 4.69) is 31.9 Å². The molecule has 0 saturated carbocycles. The van der Waals surface area contributed by atoms with Crippen molar-refractivity contribution in [1.29, 1.82) is 0 Å². The number of hydrogen-bond acceptors (Lipinski definition) is 2. The zero-order valence-corrected chi connectivity index (χ0v) is 12.5. The molecule has 0 unspecified atom stereocenters. The number of ether oxygens (including phenoxy) is 2. The molecule has 0 aliphatic rings. The van der Waals surface area contributed by atoms with Crippen molar-refractivity contribution in [1.82, 2.24) is 0 Å². The van der Waals surface area contributed by atoms with Crippen LogP contribution in [-0.2, 0) is 0 Å². The largest absolute Gasteiger partial charge is 0.492 e. The van der Waals surface area contributed by atoms with Gasteiger partial charge in [0.05, 0.1) is 18.2 Å². The summed E-state index contributed by atoms with van der Waals surface area (Å²) >= 11 is 6.82. The highest BCUT2D eigenvalue weighted by Gasteiger charge is 2.09. The van der Waals surface area contributed by atoms with Crippen molar-refractivity contribution in [3.63, 3.8) is 0 Å². The van der Waals surface area contributed by atoms with Gasteiger partial charge in [0.1, 0.15) is 0 Å². The van der Waals surface area contributed by atoms with Crippen LogP contribution in [0.25, 0.3) is 6.08 Å². The van der Waals surface area contributed by atoms with Gasteiger partial charge < -0.3 is 9.47 Å². The summed E-state index contributed by atoms with van der Waals surface area (Å²) in [4.78, 5) is 0. The lowest BCUT2D eigenvalue weighted by molar-refractivity contribution is 0.310. The molecule has 0 N–H and O–H groups in total. The van der Waals surface area contributed by atoms with E-state index < -0.39 is 0 Å². The van der Waals surface area contributed by atoms with Gasteiger partial charge in [0, 0.05) is 5.33 Å². The molecule has 0 spiro atoms. The second-order valence-electron chi connectivity index (χ2n) is 3.02. The third kappa shape index (κ3) is 3.52. The molecular weight excluding hydrogens is 336 g/mol. The van der Waals surface area contributed by atoms with Crippen LogP contribution in [0.2, 0.25) is 0 Å². The summed E-state index contributed by atoms with van der Waals surface area (Å²) < 4.78 is 11.7. The van der Waals surface area contributed by atoms with Gasteiger partial charge >= 0.3 is 0 Å². The molecule has 0 amide bonds. The first-order valence-corrected chi connectivity index (χ1v) is 6.87. The van der Waals surface area contributed by atoms with Crippen molar-refractivity contribution >= 4 is 37.9 Å². The Kier molecular flexibility index (Phi) is 5.91. The molecule has 2 nitrogen and oxygen atoms in total. The second-order valence-corrected chi connectivity index (χ2v) is 4.53. The van der Waals surface area contributed by atoms with Crippen LogP contribution in [0.1, 0.15) is 12.5 Å². The molecule has 0 bridgehead atoms. The van der Waals surface area contributed by atoms with Gasteiger partial charge in [0.2, 0.25) is 0 Å². The number of alkyl halides is 1. The molecule has 0 fully saturated rings. The first kappa shape index (κ1) is 13.6. The summed E-state index contributed by atoms with van der Waals surface area (Å²) in [5.41, 5.74) is 1.08. The SMILES string of the molecule is CCOc1cc(C=CCBr)cc(Br)c1OC. The van der Waals surface area contributed by atoms with E-state index in [1.54, 1.807) is 7.11 Å². The number of hydrogen-bond donors (Lipinski definition) is 0. The lowest BCUT2D eigenvalue weighted by atomic mass is 10.2. The molecule has 0 aromatic heterocycles. The Labute approximate surface area is 113 Å². The quantitative estimate of drug-likeness (QED) is 0.739. The highest BCUT2D eigenvalue weighted by atomic mass is 79.9. The average molecular weight is 350 g/mol. The molecule has 88 valence electrons. The number of halogens is 2. The van der Waals surface area contributed by atoms with Crippen molar-refractivity contribution in [3.05, 3.63) is 28.2 Å². The topological polar surface area (TPSA) is 18.5 Å². The van der Waals surface area contributed by atoms with Crippen LogP contribution in [0, 0.1) is 0 Å². The van der Waals surface area contributed by atoms with Gasteiger partial charge in [-0.3, -0.25) is 0 Å². The molecule has 0 radical (unpaired) electrons. The molecule has 4 heteroatoms. The molecule has 0 atom stereocenters. The Morgan fingerprint density at radius 1 is 1.38 bits per heavy atom. The zero-order chi connectivity index (χ0) is 12.0. The lowest BCUT2D eigenvalue weighted by Gasteiger charge is -2.11. The van der Waals surface area contributed by atoms with Gasteiger partial charge in [0.15, 0.2) is 11.5 Å². The summed E-state index contributed by atoms with van der Waals surface area (Å²) in [6.45, 7) is 2.57. The first-order chi connectivity index (χ1) is 7.72. The highest BCUT2D eigenvalue weighted by Crippen LogP contribution is 2.36. The summed E-state index contributed by atoms with van der Waals surface area (Å²) in [6.07, 6.45) is 4.06. The van der Waals surface area contributed by atoms with Crippen molar-refractivity contribution < 1.29 is 9.47 Å². The number of allylic oxidation sites excluding steroid dienone is 1. The van der Waals surface area contributed by atoms with Crippen LogP contribution in [0.15, 0.2) is 22.7 Å². The maximum absolute atomic E-state index is 5.53. The monoisotopic (exact) mass is 348 g/mol. The predicted molar refractivity (Wildman–Crippen MR) is 74.7 cm³/mol. The van der Waals surface area contributed by atoms with Crippen molar-refractivity contribution in [2.45, 2.75) is 6.92 Å². The summed E-state index contributed by atoms with van der Waals surface area (Å²) in [5.74, 6) is 1.49. The Bertz CT molecular complexity index is 376. The van der Waals surface area contributed by atoms with Crippen LogP contribution < -0.4 is 9.47 Å². The fourth-order valence-corrected chi connectivity index (χ4v) is 2.13. The van der Waals surface area contributed by atoms with E-state index >= 15 is 0 Å². The maximum Gasteiger partial charge on any atom is 0.174 e. The molecular formula is C12H14Br2O2. The van der Waals surface area contributed by atoms with Crippen molar-refractivity contribution in [2.75, 3.05) is 19.0 Å². The average Bonchev–Trinajstić information content (AvgIpc) is 2.26. The van der Waals surface area contributed by atoms with Crippen LogP contribution in [0.4, 0.5) is 0 Å². The summed E-state index contributed by atoms with van der Waals surface area (Å²) in [6, 6.07) is 3.97. The Hall–Kier alpha value is -0.480. The second kappa shape index (κ2) is 6.97. The van der Waals surface area contributed by atoms with Gasteiger partial charge in [-0.25, -0.2) is 0 Å². The molecule has 1 aromatic rings. The normalized spacial score (nSPS) is 10.8. The lowest BCUT2D eigenvalue weighted by Crippen LogP contribution is -1.96. The van der Waals surface area contributed by atoms with Crippen LogP contribution in [-0.4, -0.2) is 19.0 Å². The fraction of sp³-hybridized carbons (Fsp3) is 0.333. The molecule has 0 heterocycles. The summed E-state index contributed by atoms with van der Waals surface area (Å²) in [5, 5.41) is 0.834. The summed E-state index contributed by atoms with van der Waals surface area (Å²) in [7, 11) is 1.64. The molecule has 0 saturated heterocycles. The first-order valence-electron chi connectivity index (χ1n) is 4.95. The molecule has 0 aliphatic carbocycles. The van der Waals surface area contributed by atoms with Crippen LogP contribution >= 0.6 is 31.9 Å². The van der Waals surface area contributed by atoms with E-state index in [4.69, 9.17) is 9.47 Å². The van der Waals surface area contributed by atoms with Gasteiger partial charge in [-0.2, -0.15) is 0 Å². The van der Waals surface area contributed by atoms with E-state index in [9.17, 15) is 0 Å². The Morgan fingerprint density at radius 2 is 2.12 bits per heavy atom. The van der Waals surface area contributed by atoms with Crippen LogP contribution in [0.5, 0.6) is 11.5 Å². The maximum atomic E-state index is 5.53. The van der Waals surface area contributed by atoms with Gasteiger partial charge in [-0.1, -0.05) is 28.1 Å². The third-order valence-electron chi connectivity index (χ3n) is 1.94. The molecule has 0 aliphatic heterocycles. The van der Waals surface area contributed by atoms with Crippen molar-refractivity contribution in [2.24, 2.45) is 0 Å². The van der Waals surface area contributed by atoms with Crippen LogP contribution in [0.3, 0.4) is 0 Å².